The fourth-order valence-corrected chi connectivity index (χ4v) is 2.93. The Labute approximate surface area is 154 Å². The Morgan fingerprint density at radius 2 is 1.93 bits per heavy atom. The number of pyridine rings is 1. The lowest BCUT2D eigenvalue weighted by molar-refractivity contribution is -0.141. The van der Waals surface area contributed by atoms with E-state index < -0.39 is 17.8 Å². The molecule has 1 N–H and O–H groups in total. The summed E-state index contributed by atoms with van der Waals surface area (Å²) >= 11 is 0. The number of halogens is 3. The van der Waals surface area contributed by atoms with Crippen molar-refractivity contribution in [1.82, 2.24) is 20.3 Å². The number of carbonyl (C=O) groups is 1. The predicted octanol–water partition coefficient (Wildman–Crippen LogP) is 3.12. The van der Waals surface area contributed by atoms with E-state index in [1.165, 1.54) is 6.42 Å². The van der Waals surface area contributed by atoms with Crippen molar-refractivity contribution in [3.63, 3.8) is 0 Å². The predicted molar refractivity (Wildman–Crippen MR) is 93.2 cm³/mol. The molecule has 2 aromatic rings. The highest BCUT2D eigenvalue weighted by molar-refractivity contribution is 5.93. The molecular formula is C18H20F3N5O. The SMILES string of the molecule is Cc1cc(N2CCCCC2)nc(CNC(=O)c2ccc(C(F)(F)F)nc2)n1. The summed E-state index contributed by atoms with van der Waals surface area (Å²) in [6, 6.07) is 3.80. The van der Waals surface area contributed by atoms with Crippen molar-refractivity contribution in [1.29, 1.82) is 0 Å². The molecule has 1 aliphatic rings. The number of amides is 1. The topological polar surface area (TPSA) is 71.0 Å². The normalized spacial score (nSPS) is 14.9. The van der Waals surface area contributed by atoms with Crippen LogP contribution in [0.15, 0.2) is 24.4 Å². The zero-order valence-corrected chi connectivity index (χ0v) is 14.9. The van der Waals surface area contributed by atoms with Crippen molar-refractivity contribution < 1.29 is 18.0 Å². The van der Waals surface area contributed by atoms with E-state index in [1.807, 2.05) is 13.0 Å². The van der Waals surface area contributed by atoms with Gasteiger partial charge in [-0.1, -0.05) is 0 Å². The van der Waals surface area contributed by atoms with Crippen molar-refractivity contribution in [3.05, 3.63) is 47.2 Å². The summed E-state index contributed by atoms with van der Waals surface area (Å²) < 4.78 is 37.6. The third-order valence-corrected chi connectivity index (χ3v) is 4.29. The molecule has 0 radical (unpaired) electrons. The minimum Gasteiger partial charge on any atom is -0.357 e. The Bertz CT molecular complexity index is 802. The van der Waals surface area contributed by atoms with E-state index in [-0.39, 0.29) is 12.1 Å². The molecule has 0 aliphatic carbocycles. The lowest BCUT2D eigenvalue weighted by Gasteiger charge is -2.28. The van der Waals surface area contributed by atoms with Gasteiger partial charge in [0, 0.05) is 31.0 Å². The zero-order chi connectivity index (χ0) is 19.4. The fraction of sp³-hybridized carbons (Fsp3) is 0.444. The van der Waals surface area contributed by atoms with E-state index in [0.29, 0.717) is 5.82 Å². The monoisotopic (exact) mass is 379 g/mol. The lowest BCUT2D eigenvalue weighted by Crippen LogP contribution is -2.31. The lowest BCUT2D eigenvalue weighted by atomic mass is 10.1. The number of hydrogen-bond acceptors (Lipinski definition) is 5. The van der Waals surface area contributed by atoms with E-state index >= 15 is 0 Å². The molecular weight excluding hydrogens is 359 g/mol. The Kier molecular flexibility index (Phi) is 5.57. The van der Waals surface area contributed by atoms with Crippen molar-refractivity contribution in [2.24, 2.45) is 0 Å². The number of aryl methyl sites for hydroxylation is 1. The molecule has 3 heterocycles. The Balaban J connectivity index is 1.65. The van der Waals surface area contributed by atoms with Crippen LogP contribution in [0.25, 0.3) is 0 Å². The first-order chi connectivity index (χ1) is 12.8. The molecule has 3 rings (SSSR count). The number of hydrogen-bond donors (Lipinski definition) is 1. The second kappa shape index (κ2) is 7.89. The van der Waals surface area contributed by atoms with Crippen LogP contribution in [0.5, 0.6) is 0 Å². The summed E-state index contributed by atoms with van der Waals surface area (Å²) in [4.78, 5) is 26.5. The first kappa shape index (κ1) is 19.1. The third kappa shape index (κ3) is 4.93. The second-order valence-corrected chi connectivity index (χ2v) is 6.44. The zero-order valence-electron chi connectivity index (χ0n) is 14.9. The molecule has 0 spiro atoms. The van der Waals surface area contributed by atoms with E-state index in [2.05, 4.69) is 25.2 Å². The van der Waals surface area contributed by atoms with Gasteiger partial charge >= 0.3 is 6.18 Å². The molecule has 1 amide bonds. The Hall–Kier alpha value is -2.71. The molecule has 1 aliphatic heterocycles. The van der Waals surface area contributed by atoms with Gasteiger partial charge in [0.2, 0.25) is 0 Å². The van der Waals surface area contributed by atoms with E-state index in [9.17, 15) is 18.0 Å². The summed E-state index contributed by atoms with van der Waals surface area (Å²) in [5, 5.41) is 2.63. The van der Waals surface area contributed by atoms with Gasteiger partial charge in [-0.25, -0.2) is 9.97 Å². The van der Waals surface area contributed by atoms with Gasteiger partial charge in [0.15, 0.2) is 0 Å². The van der Waals surface area contributed by atoms with Gasteiger partial charge < -0.3 is 10.2 Å². The van der Waals surface area contributed by atoms with Crippen LogP contribution in [-0.2, 0) is 12.7 Å². The van der Waals surface area contributed by atoms with Gasteiger partial charge in [0.1, 0.15) is 17.3 Å². The minimum atomic E-state index is -4.53. The maximum absolute atomic E-state index is 12.5. The van der Waals surface area contributed by atoms with Gasteiger partial charge in [-0.2, -0.15) is 13.2 Å². The second-order valence-electron chi connectivity index (χ2n) is 6.44. The van der Waals surface area contributed by atoms with Crippen LogP contribution in [0, 0.1) is 6.92 Å². The average molecular weight is 379 g/mol. The highest BCUT2D eigenvalue weighted by Gasteiger charge is 2.32. The molecule has 0 aromatic carbocycles. The summed E-state index contributed by atoms with van der Waals surface area (Å²) in [6.07, 6.45) is -0.166. The molecule has 6 nitrogen and oxygen atoms in total. The van der Waals surface area contributed by atoms with Crippen LogP contribution in [0.4, 0.5) is 19.0 Å². The molecule has 0 atom stereocenters. The first-order valence-electron chi connectivity index (χ1n) is 8.74. The van der Waals surface area contributed by atoms with Crippen molar-refractivity contribution >= 4 is 11.7 Å². The number of nitrogens with one attached hydrogen (secondary N) is 1. The van der Waals surface area contributed by atoms with Crippen molar-refractivity contribution in [2.75, 3.05) is 18.0 Å². The number of aromatic nitrogens is 3. The molecule has 0 saturated carbocycles. The fourth-order valence-electron chi connectivity index (χ4n) is 2.93. The standard InChI is InChI=1S/C18H20F3N5O/c1-12-9-16(26-7-3-2-4-8-26)25-15(24-12)11-23-17(27)13-5-6-14(22-10-13)18(19,20)21/h5-6,9-10H,2-4,7-8,11H2,1H3,(H,23,27). The average Bonchev–Trinajstić information content (AvgIpc) is 2.66. The van der Waals surface area contributed by atoms with E-state index in [1.54, 1.807) is 0 Å². The highest BCUT2D eigenvalue weighted by Crippen LogP contribution is 2.27. The Morgan fingerprint density at radius 1 is 1.19 bits per heavy atom. The quantitative estimate of drug-likeness (QED) is 0.884. The summed E-state index contributed by atoms with van der Waals surface area (Å²) in [5.41, 5.74) is -0.190. The summed E-state index contributed by atoms with van der Waals surface area (Å²) in [6.45, 7) is 3.83. The number of carbonyl (C=O) groups excluding carboxylic acids is 1. The molecule has 9 heteroatoms. The van der Waals surface area contributed by atoms with Gasteiger partial charge in [-0.05, 0) is 38.3 Å². The first-order valence-corrected chi connectivity index (χ1v) is 8.74. The molecule has 27 heavy (non-hydrogen) atoms. The number of rotatable bonds is 4. The van der Waals surface area contributed by atoms with Gasteiger partial charge in [0.05, 0.1) is 12.1 Å². The van der Waals surface area contributed by atoms with Crippen LogP contribution < -0.4 is 10.2 Å². The van der Waals surface area contributed by atoms with Crippen molar-refractivity contribution in [3.8, 4) is 0 Å². The number of piperidine rings is 1. The molecule has 0 bridgehead atoms. The molecule has 1 saturated heterocycles. The number of anilines is 1. The Morgan fingerprint density at radius 3 is 2.56 bits per heavy atom. The maximum Gasteiger partial charge on any atom is 0.433 e. The molecule has 1 fully saturated rings. The minimum absolute atomic E-state index is 0.0481. The smallest absolute Gasteiger partial charge is 0.357 e. The largest absolute Gasteiger partial charge is 0.433 e. The highest BCUT2D eigenvalue weighted by atomic mass is 19.4. The van der Waals surface area contributed by atoms with Crippen LogP contribution in [0.2, 0.25) is 0 Å². The van der Waals surface area contributed by atoms with Gasteiger partial charge in [-0.15, -0.1) is 0 Å². The van der Waals surface area contributed by atoms with Crippen molar-refractivity contribution in [2.45, 2.75) is 38.9 Å². The van der Waals surface area contributed by atoms with Gasteiger partial charge in [-0.3, -0.25) is 9.78 Å². The van der Waals surface area contributed by atoms with Crippen LogP contribution >= 0.6 is 0 Å². The maximum atomic E-state index is 12.5. The summed E-state index contributed by atoms with van der Waals surface area (Å²) in [5.74, 6) is 0.771. The van der Waals surface area contributed by atoms with Crippen LogP contribution in [0.3, 0.4) is 0 Å². The van der Waals surface area contributed by atoms with Gasteiger partial charge in [0.25, 0.3) is 5.91 Å². The summed E-state index contributed by atoms with van der Waals surface area (Å²) in [7, 11) is 0. The molecule has 0 unspecified atom stereocenters. The third-order valence-electron chi connectivity index (χ3n) is 4.29. The number of nitrogens with zero attached hydrogens (tertiary/aromatic N) is 4. The molecule has 2 aromatic heterocycles. The van der Waals surface area contributed by atoms with Crippen LogP contribution in [0.1, 0.15) is 46.8 Å². The van der Waals surface area contributed by atoms with E-state index in [4.69, 9.17) is 0 Å². The van der Waals surface area contributed by atoms with Crippen LogP contribution in [-0.4, -0.2) is 33.9 Å². The molecule has 144 valence electrons. The van der Waals surface area contributed by atoms with E-state index in [0.717, 1.165) is 55.8 Å². The number of alkyl halides is 3.